The average Bonchev–Trinajstić information content (AvgIpc) is 3.43. The van der Waals surface area contributed by atoms with E-state index in [1.54, 1.807) is 24.4 Å². The second-order valence-electron chi connectivity index (χ2n) is 6.44. The number of aliphatic carboxylic acids is 1. The van der Waals surface area contributed by atoms with Gasteiger partial charge < -0.3 is 14.5 Å². The number of pyridine rings is 1. The molecule has 0 fully saturated rings. The number of nitrogens with zero attached hydrogens (tertiary/aromatic N) is 5. The lowest BCUT2D eigenvalue weighted by atomic mass is 10.2. The third-order valence-corrected chi connectivity index (χ3v) is 5.79. The molecular weight excluding hydrogens is 461 g/mol. The number of carbonyl (C=O) groups excluding carboxylic acids is 1. The van der Waals surface area contributed by atoms with Crippen LogP contribution in [0.4, 0.5) is 15.2 Å². The van der Waals surface area contributed by atoms with Gasteiger partial charge in [-0.25, -0.2) is 14.2 Å². The van der Waals surface area contributed by atoms with E-state index < -0.39 is 23.6 Å². The Morgan fingerprint density at radius 1 is 1.19 bits per heavy atom. The van der Waals surface area contributed by atoms with Crippen molar-refractivity contribution in [2.75, 3.05) is 4.90 Å². The molecule has 0 saturated carbocycles. The first-order chi connectivity index (χ1) is 15.3. The summed E-state index contributed by atoms with van der Waals surface area (Å²) in [6, 6.07) is 9.23. The van der Waals surface area contributed by atoms with Crippen molar-refractivity contribution >= 4 is 45.5 Å². The predicted molar refractivity (Wildman–Crippen MR) is 114 cm³/mol. The zero-order valence-corrected chi connectivity index (χ0v) is 17.8. The van der Waals surface area contributed by atoms with E-state index in [0.29, 0.717) is 11.4 Å². The van der Waals surface area contributed by atoms with Crippen LogP contribution in [0.25, 0.3) is 11.5 Å². The molecule has 1 unspecified atom stereocenters. The maximum atomic E-state index is 13.4. The molecule has 1 atom stereocenters. The lowest BCUT2D eigenvalue weighted by Gasteiger charge is -2.25. The molecule has 12 heteroatoms. The fraction of sp³-hybridized carbons (Fsp3) is 0.100. The maximum Gasteiger partial charge on any atom is 0.326 e. The Morgan fingerprint density at radius 3 is 2.59 bits per heavy atom. The lowest BCUT2D eigenvalue weighted by molar-refractivity contribution is -0.138. The quantitative estimate of drug-likeness (QED) is 0.393. The van der Waals surface area contributed by atoms with Gasteiger partial charge in [0.2, 0.25) is 5.82 Å². The van der Waals surface area contributed by atoms with Crippen molar-refractivity contribution < 1.29 is 23.6 Å². The molecule has 0 radical (unpaired) electrons. The minimum atomic E-state index is -1.15. The van der Waals surface area contributed by atoms with Crippen LogP contribution >= 0.6 is 22.9 Å². The Kier molecular flexibility index (Phi) is 5.93. The van der Waals surface area contributed by atoms with Crippen LogP contribution < -0.4 is 4.90 Å². The number of carbonyl (C=O) groups is 2. The van der Waals surface area contributed by atoms with Gasteiger partial charge in [-0.05, 0) is 43.3 Å². The second kappa shape index (κ2) is 8.81. The van der Waals surface area contributed by atoms with Crippen LogP contribution in [0.5, 0.6) is 0 Å². The van der Waals surface area contributed by atoms with Crippen molar-refractivity contribution in [2.24, 2.45) is 0 Å². The average molecular weight is 474 g/mol. The molecule has 0 aliphatic heterocycles. The number of benzene rings is 1. The van der Waals surface area contributed by atoms with E-state index in [1.165, 1.54) is 36.1 Å². The number of ketones is 1. The summed E-state index contributed by atoms with van der Waals surface area (Å²) >= 11 is 7.05. The molecule has 0 spiro atoms. The number of anilines is 2. The van der Waals surface area contributed by atoms with Crippen molar-refractivity contribution in [2.45, 2.75) is 13.0 Å². The summed E-state index contributed by atoms with van der Waals surface area (Å²) in [5.74, 6) is -2.49. The van der Waals surface area contributed by atoms with E-state index in [2.05, 4.69) is 20.1 Å². The van der Waals surface area contributed by atoms with Gasteiger partial charge in [0.1, 0.15) is 22.4 Å². The molecule has 1 N–H and O–H groups in total. The number of hydrogen-bond acceptors (Lipinski definition) is 9. The van der Waals surface area contributed by atoms with Gasteiger partial charge in [-0.3, -0.25) is 9.78 Å². The Hall–Kier alpha value is -3.70. The van der Waals surface area contributed by atoms with Crippen LogP contribution in [-0.4, -0.2) is 43.0 Å². The highest BCUT2D eigenvalue weighted by atomic mass is 35.5. The first-order valence-electron chi connectivity index (χ1n) is 9.09. The van der Waals surface area contributed by atoms with Crippen LogP contribution in [0.1, 0.15) is 22.5 Å². The number of rotatable bonds is 7. The van der Waals surface area contributed by atoms with E-state index in [-0.39, 0.29) is 26.9 Å². The van der Waals surface area contributed by atoms with E-state index in [4.69, 9.17) is 16.1 Å². The molecule has 0 saturated heterocycles. The van der Waals surface area contributed by atoms with E-state index in [0.717, 1.165) is 11.3 Å². The summed E-state index contributed by atoms with van der Waals surface area (Å²) in [6.07, 6.45) is 1.55. The molecule has 0 bridgehead atoms. The highest BCUT2D eigenvalue weighted by Gasteiger charge is 2.30. The van der Waals surface area contributed by atoms with Crippen molar-refractivity contribution in [1.29, 1.82) is 0 Å². The van der Waals surface area contributed by atoms with Crippen LogP contribution in [-0.2, 0) is 4.79 Å². The van der Waals surface area contributed by atoms with Gasteiger partial charge in [0.05, 0.1) is 0 Å². The van der Waals surface area contributed by atoms with Crippen LogP contribution in [0.15, 0.2) is 53.2 Å². The summed E-state index contributed by atoms with van der Waals surface area (Å²) in [7, 11) is 0. The van der Waals surface area contributed by atoms with Crippen LogP contribution in [0.3, 0.4) is 0 Å². The third-order valence-electron chi connectivity index (χ3n) is 4.35. The van der Waals surface area contributed by atoms with Gasteiger partial charge in [0.15, 0.2) is 10.3 Å². The molecule has 4 aromatic rings. The molecule has 32 heavy (non-hydrogen) atoms. The van der Waals surface area contributed by atoms with Crippen molar-refractivity contribution in [3.8, 4) is 11.5 Å². The third kappa shape index (κ3) is 4.20. The molecule has 0 aliphatic rings. The van der Waals surface area contributed by atoms with Crippen LogP contribution in [0, 0.1) is 5.82 Å². The normalized spacial score (nSPS) is 11.8. The number of carboxylic acids is 1. The fourth-order valence-corrected chi connectivity index (χ4v) is 4.08. The second-order valence-corrected chi connectivity index (χ2v) is 7.78. The summed E-state index contributed by atoms with van der Waals surface area (Å²) in [4.78, 5) is 38.2. The van der Waals surface area contributed by atoms with Gasteiger partial charge in [-0.15, -0.1) is 0 Å². The number of carboxylic acid groups (broad SMARTS) is 1. The summed E-state index contributed by atoms with van der Waals surface area (Å²) in [5.41, 5.74) is 0.783. The highest BCUT2D eigenvalue weighted by Crippen LogP contribution is 2.36. The summed E-state index contributed by atoms with van der Waals surface area (Å²) in [6.45, 7) is 1.43. The van der Waals surface area contributed by atoms with Crippen molar-refractivity contribution in [1.82, 2.24) is 20.1 Å². The van der Waals surface area contributed by atoms with E-state index in [9.17, 15) is 19.1 Å². The lowest BCUT2D eigenvalue weighted by Crippen LogP contribution is -2.35. The van der Waals surface area contributed by atoms with Gasteiger partial charge in [-0.2, -0.15) is 4.98 Å². The minimum Gasteiger partial charge on any atom is -0.480 e. The first kappa shape index (κ1) is 21.5. The Morgan fingerprint density at radius 2 is 1.94 bits per heavy atom. The zero-order chi connectivity index (χ0) is 22.8. The number of hydrogen-bond donors (Lipinski definition) is 1. The number of aromatic nitrogens is 4. The zero-order valence-electron chi connectivity index (χ0n) is 16.3. The number of thiazole rings is 1. The van der Waals surface area contributed by atoms with E-state index in [1.807, 2.05) is 0 Å². The Balaban J connectivity index is 1.69. The summed E-state index contributed by atoms with van der Waals surface area (Å²) in [5, 5.41) is 13.3. The molecular formula is C20H13ClFN5O4S. The molecule has 9 nitrogen and oxygen atoms in total. The van der Waals surface area contributed by atoms with Crippen molar-refractivity contribution in [3.63, 3.8) is 0 Å². The molecule has 3 aromatic heterocycles. The van der Waals surface area contributed by atoms with Gasteiger partial charge in [-0.1, -0.05) is 34.2 Å². The van der Waals surface area contributed by atoms with Crippen LogP contribution in [0.2, 0.25) is 5.15 Å². The topological polar surface area (TPSA) is 122 Å². The van der Waals surface area contributed by atoms with Gasteiger partial charge in [0.25, 0.3) is 11.7 Å². The fourth-order valence-electron chi connectivity index (χ4n) is 2.76. The molecule has 4 rings (SSSR count). The number of halogens is 2. The molecule has 0 aliphatic carbocycles. The van der Waals surface area contributed by atoms with E-state index >= 15 is 0 Å². The predicted octanol–water partition coefficient (Wildman–Crippen LogP) is 4.22. The van der Waals surface area contributed by atoms with Gasteiger partial charge >= 0.3 is 5.97 Å². The standard InChI is InChI=1S/C20H13ClFN5O4S/c1-10(19(29)30)27(12-7-5-11(22)6-8-12)20-24-16(21)15(32-20)14(28)18-25-17(26-31-18)13-4-2-3-9-23-13/h2-10H,1H3,(H,29,30). The molecule has 3 heterocycles. The Labute approximate surface area is 189 Å². The summed E-state index contributed by atoms with van der Waals surface area (Å²) < 4.78 is 18.4. The molecule has 162 valence electrons. The SMILES string of the molecule is CC(C(=O)O)N(c1ccc(F)cc1)c1nc(Cl)c(C(=O)c2nc(-c3ccccn3)no2)s1. The largest absolute Gasteiger partial charge is 0.480 e. The monoisotopic (exact) mass is 473 g/mol. The molecule has 0 amide bonds. The first-order valence-corrected chi connectivity index (χ1v) is 10.3. The van der Waals surface area contributed by atoms with Crippen molar-refractivity contribution in [3.05, 3.63) is 70.4 Å². The molecule has 1 aromatic carbocycles. The Bertz CT molecular complexity index is 1280. The minimum absolute atomic E-state index is 0.0115. The maximum absolute atomic E-state index is 13.4. The smallest absolute Gasteiger partial charge is 0.326 e. The van der Waals surface area contributed by atoms with Gasteiger partial charge in [0, 0.05) is 11.9 Å². The highest BCUT2D eigenvalue weighted by molar-refractivity contribution is 7.18.